The minimum Gasteiger partial charge on any atom is -0.495 e. The predicted octanol–water partition coefficient (Wildman–Crippen LogP) is 3.59. The highest BCUT2D eigenvalue weighted by Gasteiger charge is 2.21. The van der Waals surface area contributed by atoms with Gasteiger partial charge in [0.1, 0.15) is 11.8 Å². The summed E-state index contributed by atoms with van der Waals surface area (Å²) in [5.41, 5.74) is 3.05. The van der Waals surface area contributed by atoms with Gasteiger partial charge in [0.25, 0.3) is 0 Å². The van der Waals surface area contributed by atoms with Crippen molar-refractivity contribution in [3.63, 3.8) is 0 Å². The van der Waals surface area contributed by atoms with Crippen LogP contribution in [0.15, 0.2) is 48.5 Å². The minimum absolute atomic E-state index is 0.272. The number of benzene rings is 2. The van der Waals surface area contributed by atoms with E-state index in [9.17, 15) is 4.79 Å². The molecular weight excluding hydrogens is 290 g/mol. The fourth-order valence-electron chi connectivity index (χ4n) is 2.52. The highest BCUT2D eigenvalue weighted by atomic mass is 16.5. The summed E-state index contributed by atoms with van der Waals surface area (Å²) >= 11 is 0. The molecule has 2 aromatic carbocycles. The number of hydrogen-bond donors (Lipinski definition) is 1. The number of nitrogens with one attached hydrogen (secondary N) is 1. The van der Waals surface area contributed by atoms with E-state index in [1.165, 1.54) is 12.7 Å². The molecule has 0 aliphatic carbocycles. The highest BCUT2D eigenvalue weighted by Crippen LogP contribution is 2.29. The van der Waals surface area contributed by atoms with Crippen molar-refractivity contribution in [3.05, 3.63) is 59.7 Å². The van der Waals surface area contributed by atoms with Crippen LogP contribution in [0.2, 0.25) is 0 Å². The molecule has 0 amide bonds. The molecule has 4 nitrogen and oxygen atoms in total. The van der Waals surface area contributed by atoms with Gasteiger partial charge < -0.3 is 14.8 Å². The maximum absolute atomic E-state index is 12.1. The number of carbonyl (C=O) groups excluding carboxylic acids is 1. The Labute approximate surface area is 137 Å². The Kier molecular flexibility index (Phi) is 6.03. The number of esters is 1. The van der Waals surface area contributed by atoms with Crippen LogP contribution in [0.1, 0.15) is 17.5 Å². The second-order valence-electron chi connectivity index (χ2n) is 5.40. The van der Waals surface area contributed by atoms with E-state index in [-0.39, 0.29) is 5.97 Å². The fourth-order valence-corrected chi connectivity index (χ4v) is 2.52. The number of ether oxygens (including phenoxy) is 2. The van der Waals surface area contributed by atoms with E-state index < -0.39 is 6.04 Å². The zero-order valence-corrected chi connectivity index (χ0v) is 13.8. The maximum Gasteiger partial charge on any atom is 0.328 e. The molecule has 0 aromatic heterocycles. The molecule has 0 bridgehead atoms. The molecule has 0 spiro atoms. The summed E-state index contributed by atoms with van der Waals surface area (Å²) in [5.74, 6) is 0.449. The second-order valence-corrected chi connectivity index (χ2v) is 5.40. The molecule has 23 heavy (non-hydrogen) atoms. The predicted molar refractivity (Wildman–Crippen MR) is 91.9 cm³/mol. The molecule has 2 aromatic rings. The van der Waals surface area contributed by atoms with Crippen LogP contribution in [-0.2, 0) is 16.0 Å². The molecule has 0 saturated carbocycles. The van der Waals surface area contributed by atoms with Crippen LogP contribution in [-0.4, -0.2) is 26.2 Å². The van der Waals surface area contributed by atoms with Gasteiger partial charge in [-0.3, -0.25) is 0 Å². The first kappa shape index (κ1) is 16.9. The van der Waals surface area contributed by atoms with Gasteiger partial charge in [-0.25, -0.2) is 4.79 Å². The van der Waals surface area contributed by atoms with Crippen LogP contribution in [0, 0.1) is 6.92 Å². The standard InChI is InChI=1S/C19H23NO3/c1-14-8-7-11-17(22-2)18(14)20-16(19(21)23-3)13-12-15-9-5-4-6-10-15/h4-11,16,20H,12-13H2,1-3H3. The monoisotopic (exact) mass is 313 g/mol. The van der Waals surface area contributed by atoms with Crippen molar-refractivity contribution >= 4 is 11.7 Å². The maximum atomic E-state index is 12.1. The molecule has 0 aliphatic heterocycles. The summed E-state index contributed by atoms with van der Waals surface area (Å²) in [5, 5.41) is 3.29. The van der Waals surface area contributed by atoms with Gasteiger partial charge in [0.15, 0.2) is 0 Å². The van der Waals surface area contributed by atoms with Gasteiger partial charge in [-0.05, 0) is 37.0 Å². The lowest BCUT2D eigenvalue weighted by Gasteiger charge is -2.21. The van der Waals surface area contributed by atoms with Crippen molar-refractivity contribution < 1.29 is 14.3 Å². The lowest BCUT2D eigenvalue weighted by Crippen LogP contribution is -2.31. The van der Waals surface area contributed by atoms with E-state index in [2.05, 4.69) is 17.4 Å². The lowest BCUT2D eigenvalue weighted by atomic mass is 10.0. The third-order valence-electron chi connectivity index (χ3n) is 3.82. The number of para-hydroxylation sites is 1. The summed E-state index contributed by atoms with van der Waals surface area (Å²) in [6, 6.07) is 15.5. The quantitative estimate of drug-likeness (QED) is 0.794. The Balaban J connectivity index is 2.15. The zero-order chi connectivity index (χ0) is 16.7. The van der Waals surface area contributed by atoms with Gasteiger partial charge >= 0.3 is 5.97 Å². The SMILES string of the molecule is COC(=O)C(CCc1ccccc1)Nc1c(C)cccc1OC. The molecule has 1 unspecified atom stereocenters. The van der Waals surface area contributed by atoms with E-state index in [0.717, 1.165) is 23.4 Å². The number of rotatable bonds is 7. The van der Waals surface area contributed by atoms with E-state index in [1.807, 2.05) is 43.3 Å². The van der Waals surface area contributed by atoms with E-state index in [1.54, 1.807) is 7.11 Å². The average molecular weight is 313 g/mol. The normalized spacial score (nSPS) is 11.6. The van der Waals surface area contributed by atoms with Crippen molar-refractivity contribution in [3.8, 4) is 5.75 Å². The Hall–Kier alpha value is -2.49. The lowest BCUT2D eigenvalue weighted by molar-refractivity contribution is -0.141. The van der Waals surface area contributed by atoms with Crippen molar-refractivity contribution in [1.29, 1.82) is 0 Å². The fraction of sp³-hybridized carbons (Fsp3) is 0.316. The Bertz CT molecular complexity index is 640. The molecule has 0 saturated heterocycles. The average Bonchev–Trinajstić information content (AvgIpc) is 2.59. The number of hydrogen-bond acceptors (Lipinski definition) is 4. The number of carbonyl (C=O) groups is 1. The van der Waals surface area contributed by atoms with Crippen LogP contribution >= 0.6 is 0 Å². The summed E-state index contributed by atoms with van der Waals surface area (Å²) in [7, 11) is 3.03. The first-order chi connectivity index (χ1) is 11.2. The minimum atomic E-state index is -0.421. The number of methoxy groups -OCH3 is 2. The zero-order valence-electron chi connectivity index (χ0n) is 13.8. The van der Waals surface area contributed by atoms with Gasteiger partial charge in [-0.1, -0.05) is 42.5 Å². The van der Waals surface area contributed by atoms with E-state index in [4.69, 9.17) is 9.47 Å². The first-order valence-corrected chi connectivity index (χ1v) is 7.67. The molecule has 4 heteroatoms. The van der Waals surface area contributed by atoms with Gasteiger partial charge in [0.05, 0.1) is 19.9 Å². The van der Waals surface area contributed by atoms with Crippen molar-refractivity contribution in [1.82, 2.24) is 0 Å². The largest absolute Gasteiger partial charge is 0.495 e. The van der Waals surface area contributed by atoms with Crippen LogP contribution < -0.4 is 10.1 Å². The summed E-state index contributed by atoms with van der Waals surface area (Å²) < 4.78 is 10.3. The Morgan fingerprint density at radius 1 is 1.09 bits per heavy atom. The molecule has 122 valence electrons. The van der Waals surface area contributed by atoms with Gasteiger partial charge in [-0.15, -0.1) is 0 Å². The summed E-state index contributed by atoms with van der Waals surface area (Å²) in [6.07, 6.45) is 1.44. The topological polar surface area (TPSA) is 47.6 Å². The van der Waals surface area contributed by atoms with Crippen molar-refractivity contribution in [2.24, 2.45) is 0 Å². The molecular formula is C19H23NO3. The summed E-state index contributed by atoms with van der Waals surface area (Å²) in [4.78, 5) is 12.1. The van der Waals surface area contributed by atoms with Crippen LogP contribution in [0.4, 0.5) is 5.69 Å². The molecule has 2 rings (SSSR count). The third-order valence-corrected chi connectivity index (χ3v) is 3.82. The van der Waals surface area contributed by atoms with Crippen molar-refractivity contribution in [2.75, 3.05) is 19.5 Å². The number of anilines is 1. The molecule has 1 N–H and O–H groups in total. The Morgan fingerprint density at radius 3 is 2.48 bits per heavy atom. The molecule has 0 fully saturated rings. The highest BCUT2D eigenvalue weighted by molar-refractivity contribution is 5.80. The van der Waals surface area contributed by atoms with Crippen LogP contribution in [0.25, 0.3) is 0 Å². The number of aryl methyl sites for hydroxylation is 2. The molecule has 0 aliphatic rings. The van der Waals surface area contributed by atoms with Crippen LogP contribution in [0.5, 0.6) is 5.75 Å². The van der Waals surface area contributed by atoms with Gasteiger partial charge in [0, 0.05) is 0 Å². The molecule has 0 heterocycles. The van der Waals surface area contributed by atoms with E-state index in [0.29, 0.717) is 6.42 Å². The smallest absolute Gasteiger partial charge is 0.328 e. The van der Waals surface area contributed by atoms with Gasteiger partial charge in [0.2, 0.25) is 0 Å². The van der Waals surface area contributed by atoms with E-state index >= 15 is 0 Å². The summed E-state index contributed by atoms with van der Waals surface area (Å²) in [6.45, 7) is 1.98. The first-order valence-electron chi connectivity index (χ1n) is 7.67. The van der Waals surface area contributed by atoms with Crippen molar-refractivity contribution in [2.45, 2.75) is 25.8 Å². The van der Waals surface area contributed by atoms with Gasteiger partial charge in [-0.2, -0.15) is 0 Å². The second kappa shape index (κ2) is 8.22. The third kappa shape index (κ3) is 4.49. The Morgan fingerprint density at radius 2 is 1.83 bits per heavy atom. The molecule has 1 atom stereocenters. The van der Waals surface area contributed by atoms with Crippen LogP contribution in [0.3, 0.4) is 0 Å². The molecule has 0 radical (unpaired) electrons.